The summed E-state index contributed by atoms with van der Waals surface area (Å²) in [7, 11) is 0. The lowest BCUT2D eigenvalue weighted by atomic mass is 9.84. The Morgan fingerprint density at radius 2 is 1.85 bits per heavy atom. The first-order chi connectivity index (χ1) is 5.84. The fourth-order valence-corrected chi connectivity index (χ4v) is 1.22. The van der Waals surface area contributed by atoms with Crippen molar-refractivity contribution in [3.05, 3.63) is 12.2 Å². The Hall–Kier alpha value is -0.300. The van der Waals surface area contributed by atoms with Gasteiger partial charge in [-0.05, 0) is 31.6 Å². The Balaban J connectivity index is 3.49. The molecule has 0 spiro atoms. The van der Waals surface area contributed by atoms with Crippen molar-refractivity contribution in [3.8, 4) is 0 Å². The van der Waals surface area contributed by atoms with Crippen LogP contribution in [0, 0.1) is 5.41 Å². The summed E-state index contributed by atoms with van der Waals surface area (Å²) in [5.74, 6) is 0. The largest absolute Gasteiger partial charge is 0.327 e. The van der Waals surface area contributed by atoms with E-state index in [4.69, 9.17) is 5.73 Å². The molecule has 2 N–H and O–H groups in total. The highest BCUT2D eigenvalue weighted by Gasteiger charge is 2.19. The number of nitrogens with two attached hydrogens (primary N) is 1. The predicted molar refractivity (Wildman–Crippen MR) is 60.7 cm³/mol. The monoisotopic (exact) mass is 183 g/mol. The second-order valence-corrected chi connectivity index (χ2v) is 5.18. The van der Waals surface area contributed by atoms with Crippen LogP contribution in [0.25, 0.3) is 0 Å². The van der Waals surface area contributed by atoms with Gasteiger partial charge in [0, 0.05) is 6.04 Å². The molecule has 0 aromatic rings. The maximum atomic E-state index is 6.05. The van der Waals surface area contributed by atoms with Gasteiger partial charge in [-0.3, -0.25) is 0 Å². The zero-order valence-corrected chi connectivity index (χ0v) is 9.69. The molecule has 0 aromatic heterocycles. The Morgan fingerprint density at radius 1 is 1.31 bits per heavy atom. The number of hydrogen-bond donors (Lipinski definition) is 1. The van der Waals surface area contributed by atoms with Gasteiger partial charge in [0.2, 0.25) is 0 Å². The molecule has 1 atom stereocenters. The van der Waals surface area contributed by atoms with Gasteiger partial charge >= 0.3 is 0 Å². The van der Waals surface area contributed by atoms with Crippen molar-refractivity contribution in [2.24, 2.45) is 11.1 Å². The van der Waals surface area contributed by atoms with E-state index < -0.39 is 0 Å². The average Bonchev–Trinajstić information content (AvgIpc) is 1.95. The molecule has 78 valence electrons. The molecular weight excluding hydrogens is 158 g/mol. The summed E-state index contributed by atoms with van der Waals surface area (Å²) >= 11 is 0. The molecule has 0 aliphatic heterocycles. The minimum absolute atomic E-state index is 0.253. The second-order valence-electron chi connectivity index (χ2n) is 5.18. The van der Waals surface area contributed by atoms with Crippen molar-refractivity contribution in [2.45, 2.75) is 59.4 Å². The van der Waals surface area contributed by atoms with Crippen LogP contribution in [-0.2, 0) is 0 Å². The van der Waals surface area contributed by atoms with E-state index in [1.54, 1.807) is 0 Å². The zero-order valence-electron chi connectivity index (χ0n) is 9.69. The lowest BCUT2D eigenvalue weighted by Gasteiger charge is -2.26. The van der Waals surface area contributed by atoms with Crippen molar-refractivity contribution >= 4 is 0 Å². The van der Waals surface area contributed by atoms with Crippen molar-refractivity contribution in [1.29, 1.82) is 0 Å². The summed E-state index contributed by atoms with van der Waals surface area (Å²) in [4.78, 5) is 0. The predicted octanol–water partition coefficient (Wildman–Crippen LogP) is 3.50. The van der Waals surface area contributed by atoms with Crippen molar-refractivity contribution in [3.63, 3.8) is 0 Å². The first-order valence-corrected chi connectivity index (χ1v) is 5.24. The number of rotatable bonds is 5. The molecule has 0 radical (unpaired) electrons. The summed E-state index contributed by atoms with van der Waals surface area (Å²) in [6.45, 7) is 12.6. The summed E-state index contributed by atoms with van der Waals surface area (Å²) in [5, 5.41) is 0. The molecule has 0 aliphatic rings. The summed E-state index contributed by atoms with van der Waals surface area (Å²) in [6, 6.07) is 0.331. The van der Waals surface area contributed by atoms with Crippen LogP contribution in [0.15, 0.2) is 12.2 Å². The lowest BCUT2D eigenvalue weighted by Crippen LogP contribution is -2.34. The molecule has 0 bridgehead atoms. The molecule has 1 unspecified atom stereocenters. The minimum Gasteiger partial charge on any atom is -0.327 e. The van der Waals surface area contributed by atoms with Crippen LogP contribution in [-0.4, -0.2) is 6.04 Å². The van der Waals surface area contributed by atoms with Gasteiger partial charge in [-0.25, -0.2) is 0 Å². The molecule has 0 saturated carbocycles. The highest BCUT2D eigenvalue weighted by atomic mass is 14.7. The molecule has 0 saturated heterocycles. The first-order valence-electron chi connectivity index (χ1n) is 5.24. The van der Waals surface area contributed by atoms with Crippen LogP contribution in [0.3, 0.4) is 0 Å². The molecule has 0 rings (SSSR count). The quantitative estimate of drug-likeness (QED) is 0.512. The summed E-state index contributed by atoms with van der Waals surface area (Å²) in [6.07, 6.45) is 4.75. The molecule has 1 heteroatoms. The topological polar surface area (TPSA) is 26.0 Å². The van der Waals surface area contributed by atoms with E-state index in [0.717, 1.165) is 12.8 Å². The second kappa shape index (κ2) is 5.43. The fourth-order valence-electron chi connectivity index (χ4n) is 1.22. The normalized spacial score (nSPS) is 14.2. The van der Waals surface area contributed by atoms with Gasteiger partial charge in [-0.2, -0.15) is 0 Å². The Bertz CT molecular complexity index is 153. The minimum atomic E-state index is 0.253. The number of unbranched alkanes of at least 4 members (excludes halogenated alkanes) is 1. The van der Waals surface area contributed by atoms with Gasteiger partial charge in [0.15, 0.2) is 0 Å². The van der Waals surface area contributed by atoms with E-state index in [9.17, 15) is 0 Å². The van der Waals surface area contributed by atoms with Crippen molar-refractivity contribution < 1.29 is 0 Å². The van der Waals surface area contributed by atoms with Crippen molar-refractivity contribution in [1.82, 2.24) is 0 Å². The third-order valence-electron chi connectivity index (χ3n) is 2.48. The van der Waals surface area contributed by atoms with Crippen LogP contribution < -0.4 is 5.73 Å². The van der Waals surface area contributed by atoms with Crippen molar-refractivity contribution in [2.75, 3.05) is 0 Å². The van der Waals surface area contributed by atoms with Crippen LogP contribution in [0.2, 0.25) is 0 Å². The van der Waals surface area contributed by atoms with Gasteiger partial charge in [0.1, 0.15) is 0 Å². The molecule has 13 heavy (non-hydrogen) atoms. The standard InChI is InChI=1S/C12H25N/c1-10(2)8-6-7-9-11(13)12(3,4)5/h11H,1,6-9,13H2,2-5H3. The van der Waals surface area contributed by atoms with E-state index in [1.165, 1.54) is 18.4 Å². The third kappa shape index (κ3) is 6.83. The highest BCUT2D eigenvalue weighted by molar-refractivity contribution is 4.87. The van der Waals surface area contributed by atoms with Gasteiger partial charge in [-0.1, -0.05) is 32.8 Å². The van der Waals surface area contributed by atoms with Gasteiger partial charge in [0.25, 0.3) is 0 Å². The van der Waals surface area contributed by atoms with Crippen LogP contribution in [0.4, 0.5) is 0 Å². The zero-order chi connectivity index (χ0) is 10.5. The summed E-state index contributed by atoms with van der Waals surface area (Å²) in [5.41, 5.74) is 7.58. The Labute approximate surface area is 83.4 Å². The molecule has 0 amide bonds. The van der Waals surface area contributed by atoms with E-state index in [0.29, 0.717) is 6.04 Å². The van der Waals surface area contributed by atoms with E-state index in [-0.39, 0.29) is 5.41 Å². The SMILES string of the molecule is C=C(C)CCCCC(N)C(C)(C)C. The maximum Gasteiger partial charge on any atom is 0.00876 e. The Morgan fingerprint density at radius 3 is 2.23 bits per heavy atom. The number of hydrogen-bond acceptors (Lipinski definition) is 1. The Kier molecular flexibility index (Phi) is 5.31. The molecule has 0 fully saturated rings. The lowest BCUT2D eigenvalue weighted by molar-refractivity contribution is 0.299. The highest BCUT2D eigenvalue weighted by Crippen LogP contribution is 2.21. The fraction of sp³-hybridized carbons (Fsp3) is 0.833. The summed E-state index contributed by atoms with van der Waals surface area (Å²) < 4.78 is 0. The smallest absolute Gasteiger partial charge is 0.00876 e. The van der Waals surface area contributed by atoms with Crippen LogP contribution >= 0.6 is 0 Å². The first kappa shape index (κ1) is 12.7. The average molecular weight is 183 g/mol. The van der Waals surface area contributed by atoms with Gasteiger partial charge in [-0.15, -0.1) is 6.58 Å². The molecule has 0 heterocycles. The third-order valence-corrected chi connectivity index (χ3v) is 2.48. The maximum absolute atomic E-state index is 6.05. The van der Waals surface area contributed by atoms with E-state index in [2.05, 4.69) is 34.3 Å². The van der Waals surface area contributed by atoms with Crippen LogP contribution in [0.1, 0.15) is 53.4 Å². The van der Waals surface area contributed by atoms with Gasteiger partial charge in [0.05, 0.1) is 0 Å². The molecule has 0 aromatic carbocycles. The van der Waals surface area contributed by atoms with E-state index >= 15 is 0 Å². The molecule has 0 aliphatic carbocycles. The van der Waals surface area contributed by atoms with Crippen LogP contribution in [0.5, 0.6) is 0 Å². The van der Waals surface area contributed by atoms with Gasteiger partial charge < -0.3 is 5.73 Å². The number of allylic oxidation sites excluding steroid dienone is 1. The molecule has 1 nitrogen and oxygen atoms in total. The van der Waals surface area contributed by atoms with E-state index in [1.807, 2.05) is 0 Å². The molecular formula is C12H25N.